The lowest BCUT2D eigenvalue weighted by molar-refractivity contribution is -0.101. The average molecular weight is 751 g/mol. The van der Waals surface area contributed by atoms with Crippen LogP contribution in [0.5, 0.6) is 5.75 Å². The van der Waals surface area contributed by atoms with Crippen molar-refractivity contribution in [2.45, 2.75) is 94.6 Å². The fourth-order valence-electron chi connectivity index (χ4n) is 9.90. The van der Waals surface area contributed by atoms with Crippen molar-refractivity contribution in [3.05, 3.63) is 70.3 Å². The van der Waals surface area contributed by atoms with Crippen molar-refractivity contribution in [1.82, 2.24) is 14.5 Å². The molecule has 1 N–H and O–H groups in total. The number of likely N-dealkylation sites (N-methyl/N-ethyl adjacent to an activating group) is 1. The maximum Gasteiger partial charge on any atom is 0.262 e. The molecule has 5 aliphatic rings. The lowest BCUT2D eigenvalue weighted by Gasteiger charge is -2.53. The van der Waals surface area contributed by atoms with Gasteiger partial charge in [-0.15, -0.1) is 0 Å². The van der Waals surface area contributed by atoms with Gasteiger partial charge in [-0.25, -0.2) is 4.21 Å². The Kier molecular flexibility index (Phi) is 10.6. The third-order valence-corrected chi connectivity index (χ3v) is 16.1. The van der Waals surface area contributed by atoms with Crippen molar-refractivity contribution in [1.29, 1.82) is 0 Å². The number of nitrogens with zero attached hydrogens (tertiary/aromatic N) is 3. The Bertz CT molecular complexity index is 1790. The highest BCUT2D eigenvalue weighted by Crippen LogP contribution is 2.49. The van der Waals surface area contributed by atoms with E-state index in [2.05, 4.69) is 77.4 Å². The van der Waals surface area contributed by atoms with Crippen molar-refractivity contribution >= 4 is 38.8 Å². The number of aryl methyl sites for hydroxylation is 1. The second kappa shape index (κ2) is 14.6. The van der Waals surface area contributed by atoms with Crippen LogP contribution < -0.4 is 14.4 Å². The van der Waals surface area contributed by atoms with Crippen LogP contribution in [0.4, 0.5) is 5.69 Å². The van der Waals surface area contributed by atoms with Crippen molar-refractivity contribution < 1.29 is 18.5 Å². The van der Waals surface area contributed by atoms with Gasteiger partial charge in [0.2, 0.25) is 0 Å². The van der Waals surface area contributed by atoms with Crippen LogP contribution in [0.3, 0.4) is 0 Å². The van der Waals surface area contributed by atoms with Gasteiger partial charge >= 0.3 is 0 Å². The van der Waals surface area contributed by atoms with E-state index < -0.39 is 15.3 Å². The number of halogens is 1. The lowest BCUT2D eigenvalue weighted by atomic mass is 9.63. The molecule has 9 atom stereocenters. The quantitative estimate of drug-likeness (QED) is 0.280. The molecule has 1 amide bonds. The number of carbonyl (C=O) groups is 1. The average Bonchev–Trinajstić information content (AvgIpc) is 3.24. The number of carbonyl (C=O) groups excluding carboxylic acids is 1. The largest absolute Gasteiger partial charge is 0.490 e. The number of benzene rings is 2. The number of anilines is 1. The second-order valence-corrected chi connectivity index (χ2v) is 19.8. The van der Waals surface area contributed by atoms with Crippen LogP contribution in [0.25, 0.3) is 0 Å². The molecule has 2 aliphatic carbocycles. The van der Waals surface area contributed by atoms with Crippen LogP contribution in [-0.4, -0.2) is 102 Å². The molecular weight excluding hydrogens is 692 g/mol. The summed E-state index contributed by atoms with van der Waals surface area (Å²) in [7, 11) is 1.18. The van der Waals surface area contributed by atoms with Gasteiger partial charge in [0.25, 0.3) is 5.91 Å². The van der Waals surface area contributed by atoms with Gasteiger partial charge in [-0.1, -0.05) is 36.7 Å². The van der Waals surface area contributed by atoms with Gasteiger partial charge in [0.05, 0.1) is 22.0 Å². The summed E-state index contributed by atoms with van der Waals surface area (Å²) < 4.78 is 30.4. The number of piperazine rings is 1. The third-order valence-electron chi connectivity index (χ3n) is 13.7. The molecule has 2 fully saturated rings. The molecule has 8 nitrogen and oxygen atoms in total. The van der Waals surface area contributed by atoms with E-state index in [0.29, 0.717) is 36.1 Å². The maximum absolute atomic E-state index is 14.1. The number of amides is 1. The molecule has 1 unspecified atom stereocenters. The Balaban J connectivity index is 1.31. The molecular formula is C42H59ClN4O4S. The van der Waals surface area contributed by atoms with Crippen LogP contribution in [0.15, 0.2) is 48.6 Å². The zero-order valence-electron chi connectivity index (χ0n) is 32.0. The van der Waals surface area contributed by atoms with Crippen molar-refractivity contribution in [3.8, 4) is 5.75 Å². The maximum atomic E-state index is 14.1. The molecule has 1 saturated carbocycles. The Hall–Kier alpha value is -2.56. The van der Waals surface area contributed by atoms with E-state index in [1.54, 1.807) is 6.07 Å². The van der Waals surface area contributed by atoms with E-state index in [1.165, 1.54) is 11.1 Å². The van der Waals surface area contributed by atoms with Gasteiger partial charge < -0.3 is 14.4 Å². The van der Waals surface area contributed by atoms with Crippen LogP contribution in [0, 0.1) is 17.8 Å². The van der Waals surface area contributed by atoms with Gasteiger partial charge in [0.1, 0.15) is 11.4 Å². The SMILES string of the molecule is C=S1(=O)NC(=O)c2ccc3c(c2)N(C[C@@H]2CC[C@H]2[C@](CN2C[C@@H](C)N(C)[C@@H](C)C2)(OC)/C=C/C[C@H](C)[C@H]1C)C[C@@]1(CCCc2cc(Cl)ccc21)CO3. The van der Waals surface area contributed by atoms with E-state index in [4.69, 9.17) is 21.1 Å². The molecule has 1 spiro atoms. The normalized spacial score (nSPS) is 37.9. The molecule has 52 heavy (non-hydrogen) atoms. The van der Waals surface area contributed by atoms with E-state index in [9.17, 15) is 9.00 Å². The molecule has 7 rings (SSSR count). The van der Waals surface area contributed by atoms with Gasteiger partial charge in [-0.05, 0) is 131 Å². The molecule has 10 heteroatoms. The monoisotopic (exact) mass is 750 g/mol. The van der Waals surface area contributed by atoms with Crippen LogP contribution in [0.1, 0.15) is 81.3 Å². The van der Waals surface area contributed by atoms with Crippen molar-refractivity contribution in [2.75, 3.05) is 58.4 Å². The Labute approximate surface area is 317 Å². The molecule has 0 radical (unpaired) electrons. The molecule has 3 aliphatic heterocycles. The highest BCUT2D eigenvalue weighted by atomic mass is 35.5. The first kappa shape index (κ1) is 37.7. The van der Waals surface area contributed by atoms with Crippen molar-refractivity contribution in [3.63, 3.8) is 0 Å². The number of ether oxygens (including phenoxy) is 2. The summed E-state index contributed by atoms with van der Waals surface area (Å²) in [6.45, 7) is 13.7. The summed E-state index contributed by atoms with van der Waals surface area (Å²) in [5, 5.41) is 0.438. The number of methoxy groups -OCH3 is 1. The second-order valence-electron chi connectivity index (χ2n) is 16.9. The number of rotatable bonds is 3. The first-order valence-electron chi connectivity index (χ1n) is 19.4. The molecule has 2 aromatic carbocycles. The van der Waals surface area contributed by atoms with E-state index in [-0.39, 0.29) is 22.5 Å². The van der Waals surface area contributed by atoms with E-state index >= 15 is 0 Å². The Morgan fingerprint density at radius 1 is 1.08 bits per heavy atom. The van der Waals surface area contributed by atoms with Crippen molar-refractivity contribution in [2.24, 2.45) is 17.8 Å². The first-order valence-corrected chi connectivity index (χ1v) is 21.6. The Morgan fingerprint density at radius 3 is 2.56 bits per heavy atom. The molecule has 1 saturated heterocycles. The number of allylic oxidation sites excluding steroid dienone is 1. The van der Waals surface area contributed by atoms with Gasteiger partial charge in [-0.2, -0.15) is 0 Å². The van der Waals surface area contributed by atoms with E-state index in [0.717, 1.165) is 87.7 Å². The van der Waals surface area contributed by atoms with Crippen LogP contribution in [-0.2, 0) is 26.3 Å². The molecule has 3 heterocycles. The summed E-state index contributed by atoms with van der Waals surface area (Å²) in [5.41, 5.74) is 3.31. The first-order chi connectivity index (χ1) is 24.7. The van der Waals surface area contributed by atoms with Gasteiger partial charge in [0.15, 0.2) is 0 Å². The molecule has 2 bridgehead atoms. The summed E-state index contributed by atoms with van der Waals surface area (Å²) in [6.07, 6.45) is 10.6. The van der Waals surface area contributed by atoms with Crippen LogP contribution >= 0.6 is 11.6 Å². The standard InChI is InChI=1S/C42H59ClN4O4S/c1-28-10-8-19-42(50-6,26-46-22-29(2)45(5)30(3)23-46)37-15-12-34(37)24-47-25-41(18-9-11-32-20-35(43)14-16-36(32)41)27-51-39-17-13-33(21-38(39)47)40(48)44-52(7,49)31(28)4/h8,13-14,16-17,19-21,28-31,34,37H,7,9-12,15,18,22-27H2,1-6H3,(H,44,48,49)/b19-8+/t28-,29-,30+,31+,34-,37+,41-,42-,52?/m0/s1. The zero-order valence-corrected chi connectivity index (χ0v) is 33.6. The molecule has 2 aromatic rings. The van der Waals surface area contributed by atoms with E-state index in [1.807, 2.05) is 32.2 Å². The predicted molar refractivity (Wildman–Crippen MR) is 214 cm³/mol. The number of nitrogens with one attached hydrogen (secondary N) is 1. The van der Waals surface area contributed by atoms with Gasteiger partial charge in [-0.3, -0.25) is 19.3 Å². The minimum absolute atomic E-state index is 0.0326. The van der Waals surface area contributed by atoms with Gasteiger partial charge in [0, 0.05) is 73.2 Å². The third kappa shape index (κ3) is 7.05. The minimum atomic E-state index is -2.95. The smallest absolute Gasteiger partial charge is 0.262 e. The highest BCUT2D eigenvalue weighted by molar-refractivity contribution is 7.99. The fraction of sp³-hybridized carbons (Fsp3) is 0.619. The summed E-state index contributed by atoms with van der Waals surface area (Å²) in [4.78, 5) is 21.4. The topological polar surface area (TPSA) is 74.4 Å². The van der Waals surface area contributed by atoms with Crippen LogP contribution in [0.2, 0.25) is 5.02 Å². The molecule has 0 aromatic heterocycles. The Morgan fingerprint density at radius 2 is 1.85 bits per heavy atom. The number of fused-ring (bicyclic) bond motifs is 4. The lowest BCUT2D eigenvalue weighted by Crippen LogP contribution is -2.61. The number of hydrogen-bond acceptors (Lipinski definition) is 7. The fourth-order valence-corrected chi connectivity index (χ4v) is 11.6. The number of hydrogen-bond donors (Lipinski definition) is 1. The summed E-state index contributed by atoms with van der Waals surface area (Å²) >= 11 is 6.52. The predicted octanol–water partition coefficient (Wildman–Crippen LogP) is 6.59. The zero-order chi connectivity index (χ0) is 37.0. The summed E-state index contributed by atoms with van der Waals surface area (Å²) in [5.74, 6) is 5.22. The molecule has 284 valence electrons. The minimum Gasteiger partial charge on any atom is -0.490 e. The highest BCUT2D eigenvalue weighted by Gasteiger charge is 2.50. The summed E-state index contributed by atoms with van der Waals surface area (Å²) in [6, 6.07) is 13.0.